The average Bonchev–Trinajstić information content (AvgIpc) is 3.77. The monoisotopic (exact) mass is 650 g/mol. The third kappa shape index (κ3) is 3.93. The number of hydrogen-bond donors (Lipinski definition) is 0. The van der Waals surface area contributed by atoms with Crippen molar-refractivity contribution in [2.75, 3.05) is 0 Å². The molecule has 240 valence electrons. The number of hydrogen-bond acceptors (Lipinski definition) is 0. The topological polar surface area (TPSA) is 9.86 Å². The minimum atomic E-state index is -0.137. The van der Waals surface area contributed by atoms with Gasteiger partial charge in [-0.05, 0) is 105 Å². The van der Waals surface area contributed by atoms with Crippen LogP contribution < -0.4 is 0 Å². The van der Waals surface area contributed by atoms with E-state index in [1.54, 1.807) is 0 Å². The lowest BCUT2D eigenvalue weighted by molar-refractivity contribution is 0.666. The number of aromatic nitrogens is 2. The average molecular weight is 651 g/mol. The molecule has 0 atom stereocenters. The van der Waals surface area contributed by atoms with Crippen LogP contribution in [0.2, 0.25) is 0 Å². The third-order valence-corrected chi connectivity index (χ3v) is 11.5. The van der Waals surface area contributed by atoms with Crippen molar-refractivity contribution in [2.24, 2.45) is 0 Å². The molecule has 2 heterocycles. The van der Waals surface area contributed by atoms with E-state index in [1.807, 2.05) is 0 Å². The number of nitrogens with zero attached hydrogens (tertiary/aromatic N) is 2. The summed E-state index contributed by atoms with van der Waals surface area (Å²) in [4.78, 5) is 0. The highest BCUT2D eigenvalue weighted by molar-refractivity contribution is 6.16. The Bertz CT molecular complexity index is 3040. The first-order valence-electron chi connectivity index (χ1n) is 17.9. The van der Waals surface area contributed by atoms with E-state index in [-0.39, 0.29) is 5.41 Å². The predicted octanol–water partition coefficient (Wildman–Crippen LogP) is 13.0. The van der Waals surface area contributed by atoms with Crippen LogP contribution in [0.3, 0.4) is 0 Å². The Kier molecular flexibility index (Phi) is 5.76. The van der Waals surface area contributed by atoms with Gasteiger partial charge in [-0.15, -0.1) is 0 Å². The van der Waals surface area contributed by atoms with Gasteiger partial charge in [0.2, 0.25) is 0 Å². The van der Waals surface area contributed by atoms with Crippen LogP contribution in [0.5, 0.6) is 0 Å². The zero-order valence-corrected chi connectivity index (χ0v) is 28.6. The Labute approximate surface area is 296 Å². The van der Waals surface area contributed by atoms with Crippen molar-refractivity contribution in [2.45, 2.75) is 19.3 Å². The van der Waals surface area contributed by atoms with Crippen LogP contribution in [-0.4, -0.2) is 9.13 Å². The molecule has 0 spiro atoms. The maximum Gasteiger partial charge on any atom is 0.0544 e. The smallest absolute Gasteiger partial charge is 0.0544 e. The van der Waals surface area contributed by atoms with Crippen LogP contribution in [0.1, 0.15) is 25.0 Å². The molecule has 0 saturated heterocycles. The second kappa shape index (κ2) is 10.3. The summed E-state index contributed by atoms with van der Waals surface area (Å²) in [5, 5.41) is 7.68. The van der Waals surface area contributed by atoms with E-state index >= 15 is 0 Å². The first-order chi connectivity index (χ1) is 25.1. The molecule has 0 unspecified atom stereocenters. The Hall–Kier alpha value is -6.38. The second-order valence-electron chi connectivity index (χ2n) is 14.6. The lowest BCUT2D eigenvalue weighted by atomic mass is 9.80. The van der Waals surface area contributed by atoms with Gasteiger partial charge in [-0.2, -0.15) is 0 Å². The Morgan fingerprint density at radius 1 is 0.392 bits per heavy atom. The minimum absolute atomic E-state index is 0.137. The molecular formula is C49H34N2. The van der Waals surface area contributed by atoms with Gasteiger partial charge in [-0.1, -0.05) is 123 Å². The van der Waals surface area contributed by atoms with Gasteiger partial charge in [0.15, 0.2) is 0 Å². The fourth-order valence-electron chi connectivity index (χ4n) is 9.16. The molecule has 10 aromatic rings. The molecule has 1 aliphatic carbocycles. The number of fused-ring (bicyclic) bond motifs is 11. The second-order valence-corrected chi connectivity index (χ2v) is 14.6. The maximum atomic E-state index is 2.48. The van der Waals surface area contributed by atoms with Gasteiger partial charge in [-0.25, -0.2) is 0 Å². The number of rotatable bonds is 3. The molecule has 0 N–H and O–H groups in total. The predicted molar refractivity (Wildman–Crippen MR) is 216 cm³/mol. The molecule has 0 amide bonds. The summed E-state index contributed by atoms with van der Waals surface area (Å²) in [5.41, 5.74) is 15.1. The molecule has 8 aromatic carbocycles. The van der Waals surface area contributed by atoms with Gasteiger partial charge in [0.25, 0.3) is 0 Å². The van der Waals surface area contributed by atoms with Crippen LogP contribution in [0.4, 0.5) is 0 Å². The lowest BCUT2D eigenvalue weighted by Gasteiger charge is -2.22. The van der Waals surface area contributed by atoms with Gasteiger partial charge >= 0.3 is 0 Å². The van der Waals surface area contributed by atoms with Crippen molar-refractivity contribution in [1.82, 2.24) is 9.13 Å². The van der Waals surface area contributed by atoms with Gasteiger partial charge in [0.05, 0.1) is 22.1 Å². The highest BCUT2D eigenvalue weighted by Gasteiger charge is 2.38. The van der Waals surface area contributed by atoms with Crippen LogP contribution in [-0.2, 0) is 5.41 Å². The first-order valence-corrected chi connectivity index (χ1v) is 17.9. The van der Waals surface area contributed by atoms with Gasteiger partial charge in [-0.3, -0.25) is 0 Å². The summed E-state index contributed by atoms with van der Waals surface area (Å²) in [5.74, 6) is 0. The van der Waals surface area contributed by atoms with Crippen molar-refractivity contribution in [3.8, 4) is 33.6 Å². The van der Waals surface area contributed by atoms with E-state index in [0.717, 1.165) is 0 Å². The lowest BCUT2D eigenvalue weighted by Crippen LogP contribution is -2.15. The molecule has 11 rings (SSSR count). The summed E-state index contributed by atoms with van der Waals surface area (Å²) in [6.45, 7) is 4.80. The largest absolute Gasteiger partial charge is 0.309 e. The summed E-state index contributed by atoms with van der Waals surface area (Å²) in [7, 11) is 0. The van der Waals surface area contributed by atoms with Gasteiger partial charge in [0, 0.05) is 38.3 Å². The fraction of sp³-hybridized carbons (Fsp3) is 0.0612. The van der Waals surface area contributed by atoms with E-state index in [0.29, 0.717) is 0 Å². The quantitative estimate of drug-likeness (QED) is 0.180. The van der Waals surface area contributed by atoms with E-state index in [2.05, 4.69) is 193 Å². The van der Waals surface area contributed by atoms with Crippen molar-refractivity contribution < 1.29 is 0 Å². The summed E-state index contributed by atoms with van der Waals surface area (Å²) in [6.07, 6.45) is 0. The third-order valence-electron chi connectivity index (χ3n) is 11.5. The fourth-order valence-corrected chi connectivity index (χ4v) is 9.16. The molecule has 0 fully saturated rings. The molecule has 2 heteroatoms. The molecular weight excluding hydrogens is 617 g/mol. The number of benzene rings is 8. The van der Waals surface area contributed by atoms with Crippen LogP contribution in [0, 0.1) is 0 Å². The van der Waals surface area contributed by atoms with Crippen molar-refractivity contribution in [1.29, 1.82) is 0 Å². The number of para-hydroxylation sites is 2. The SMILES string of the molecule is CC1(C)c2ccccc2-c2ccc3c(c21)c1cc(-c2ccc4c(c2)c2ccccc2n4-c2ccccc2)ccc1n3-c1ccc2ccccc2c1. The highest BCUT2D eigenvalue weighted by atomic mass is 15.0. The van der Waals surface area contributed by atoms with Gasteiger partial charge in [0.1, 0.15) is 0 Å². The highest BCUT2D eigenvalue weighted by Crippen LogP contribution is 2.53. The Balaban J connectivity index is 1.19. The molecule has 0 aliphatic heterocycles. The molecule has 2 aromatic heterocycles. The van der Waals surface area contributed by atoms with E-state index < -0.39 is 0 Å². The van der Waals surface area contributed by atoms with Crippen LogP contribution in [0.15, 0.2) is 170 Å². The van der Waals surface area contributed by atoms with Gasteiger partial charge < -0.3 is 9.13 Å². The van der Waals surface area contributed by atoms with E-state index in [4.69, 9.17) is 0 Å². The van der Waals surface area contributed by atoms with Crippen LogP contribution >= 0.6 is 0 Å². The Morgan fingerprint density at radius 3 is 1.86 bits per heavy atom. The summed E-state index contributed by atoms with van der Waals surface area (Å²) < 4.78 is 4.87. The molecule has 2 nitrogen and oxygen atoms in total. The molecule has 51 heavy (non-hydrogen) atoms. The van der Waals surface area contributed by atoms with E-state index in [1.165, 1.54) is 99.1 Å². The Morgan fingerprint density at radius 2 is 1.02 bits per heavy atom. The van der Waals surface area contributed by atoms with Crippen molar-refractivity contribution in [3.63, 3.8) is 0 Å². The zero-order valence-electron chi connectivity index (χ0n) is 28.6. The summed E-state index contributed by atoms with van der Waals surface area (Å²) >= 11 is 0. The van der Waals surface area contributed by atoms with Crippen molar-refractivity contribution >= 4 is 54.4 Å². The molecule has 0 radical (unpaired) electrons. The summed E-state index contributed by atoms with van der Waals surface area (Å²) in [6, 6.07) is 62.8. The normalized spacial score (nSPS) is 13.5. The molecule has 1 aliphatic rings. The maximum absolute atomic E-state index is 2.48. The van der Waals surface area contributed by atoms with E-state index in [9.17, 15) is 0 Å². The molecule has 0 saturated carbocycles. The standard InChI is InChI=1S/C49H34N2/c1-49(2)42-18-10-8-16-37(42)39-24-27-46-47(48(39)49)41-30-34(22-26-45(41)51(46)36-23-20-31-12-6-7-13-32(31)28-36)33-21-25-44-40(29-33)38-17-9-11-19-43(38)50(44)35-14-4-3-5-15-35/h3-30H,1-2H3. The van der Waals surface area contributed by atoms with Crippen molar-refractivity contribution in [3.05, 3.63) is 181 Å². The minimum Gasteiger partial charge on any atom is -0.309 e. The molecule has 0 bridgehead atoms. The van der Waals surface area contributed by atoms with Crippen LogP contribution in [0.25, 0.3) is 88.0 Å². The first kappa shape index (κ1) is 28.5. The zero-order chi connectivity index (χ0) is 33.8.